The van der Waals surface area contributed by atoms with Gasteiger partial charge >= 0.3 is 0 Å². The molecule has 0 heterocycles. The fourth-order valence-corrected chi connectivity index (χ4v) is 4.42. The summed E-state index contributed by atoms with van der Waals surface area (Å²) < 4.78 is 0. The largest absolute Gasteiger partial charge is 0.295 e. The molecule has 4 rings (SSSR count). The molecule has 1 aliphatic carbocycles. The molecule has 1 unspecified atom stereocenters. The summed E-state index contributed by atoms with van der Waals surface area (Å²) in [6.07, 6.45) is 3.51. The first-order valence-corrected chi connectivity index (χ1v) is 11.1. The van der Waals surface area contributed by atoms with E-state index < -0.39 is 28.3 Å². The van der Waals surface area contributed by atoms with Gasteiger partial charge in [0, 0.05) is 35.6 Å². The van der Waals surface area contributed by atoms with Crippen molar-refractivity contribution < 1.29 is 19.3 Å². The molecular formula is C28H23NO5. The lowest BCUT2D eigenvalue weighted by Crippen LogP contribution is -2.34. The van der Waals surface area contributed by atoms with Gasteiger partial charge in [-0.3, -0.25) is 24.5 Å². The van der Waals surface area contributed by atoms with Gasteiger partial charge in [0.1, 0.15) is 0 Å². The number of benzene rings is 3. The molecule has 170 valence electrons. The Bertz CT molecular complexity index is 1200. The van der Waals surface area contributed by atoms with Crippen molar-refractivity contribution in [1.29, 1.82) is 0 Å². The molecule has 1 aliphatic rings. The van der Waals surface area contributed by atoms with Gasteiger partial charge in [0.05, 0.1) is 10.8 Å². The Morgan fingerprint density at radius 2 is 1.32 bits per heavy atom. The van der Waals surface area contributed by atoms with Crippen LogP contribution in [0.15, 0.2) is 96.6 Å². The molecule has 0 aromatic heterocycles. The van der Waals surface area contributed by atoms with Crippen LogP contribution in [0.3, 0.4) is 0 Å². The SMILES string of the molecule is O=C1CCCC=C1C(c1ccc([N+](=O)[O-])cc1)C(C(=O)c1ccccc1)C(=O)c1ccccc1. The topological polar surface area (TPSA) is 94.3 Å². The number of nitrogens with zero attached hydrogens (tertiary/aromatic N) is 1. The minimum Gasteiger partial charge on any atom is -0.295 e. The van der Waals surface area contributed by atoms with Crippen molar-refractivity contribution in [2.75, 3.05) is 0 Å². The zero-order valence-electron chi connectivity index (χ0n) is 18.4. The molecule has 0 spiro atoms. The van der Waals surface area contributed by atoms with E-state index in [1.54, 1.807) is 60.7 Å². The highest BCUT2D eigenvalue weighted by Gasteiger charge is 2.41. The van der Waals surface area contributed by atoms with Gasteiger partial charge in [0.25, 0.3) is 5.69 Å². The first kappa shape index (κ1) is 23.0. The molecule has 1 atom stereocenters. The van der Waals surface area contributed by atoms with E-state index in [1.807, 2.05) is 6.08 Å². The Morgan fingerprint density at radius 3 is 1.79 bits per heavy atom. The van der Waals surface area contributed by atoms with Gasteiger partial charge in [-0.2, -0.15) is 0 Å². The van der Waals surface area contributed by atoms with Crippen LogP contribution >= 0.6 is 0 Å². The molecule has 0 N–H and O–H groups in total. The highest BCUT2D eigenvalue weighted by molar-refractivity contribution is 6.18. The monoisotopic (exact) mass is 453 g/mol. The lowest BCUT2D eigenvalue weighted by Gasteiger charge is -2.29. The van der Waals surface area contributed by atoms with Crippen molar-refractivity contribution in [3.63, 3.8) is 0 Å². The van der Waals surface area contributed by atoms with Crippen molar-refractivity contribution in [3.8, 4) is 0 Å². The molecule has 6 heteroatoms. The molecular weight excluding hydrogens is 430 g/mol. The number of carbonyl (C=O) groups excluding carboxylic acids is 3. The van der Waals surface area contributed by atoms with E-state index in [1.165, 1.54) is 24.3 Å². The second-order valence-corrected chi connectivity index (χ2v) is 8.24. The zero-order chi connectivity index (χ0) is 24.1. The summed E-state index contributed by atoms with van der Waals surface area (Å²) in [4.78, 5) is 51.4. The number of ketones is 3. The van der Waals surface area contributed by atoms with E-state index in [9.17, 15) is 24.5 Å². The Kier molecular flexibility index (Phi) is 6.87. The lowest BCUT2D eigenvalue weighted by atomic mass is 9.71. The van der Waals surface area contributed by atoms with Crippen LogP contribution in [0.4, 0.5) is 5.69 Å². The molecule has 0 bridgehead atoms. The van der Waals surface area contributed by atoms with Crippen LogP contribution in [-0.4, -0.2) is 22.3 Å². The third kappa shape index (κ3) is 4.76. The zero-order valence-corrected chi connectivity index (χ0v) is 18.4. The number of Topliss-reactive ketones (excluding diaryl/α,β-unsaturated/α-hetero) is 3. The van der Waals surface area contributed by atoms with E-state index >= 15 is 0 Å². The van der Waals surface area contributed by atoms with E-state index in [0.29, 0.717) is 41.5 Å². The van der Waals surface area contributed by atoms with Crippen molar-refractivity contribution in [2.45, 2.75) is 25.2 Å². The minimum atomic E-state index is -1.19. The molecule has 3 aromatic rings. The number of non-ortho nitro benzene ring substituents is 1. The van der Waals surface area contributed by atoms with Crippen molar-refractivity contribution in [2.24, 2.45) is 5.92 Å². The van der Waals surface area contributed by atoms with Gasteiger partial charge in [0.2, 0.25) is 0 Å². The van der Waals surface area contributed by atoms with Gasteiger partial charge in [-0.25, -0.2) is 0 Å². The molecule has 0 saturated heterocycles. The Balaban J connectivity index is 1.90. The Labute approximate surface area is 197 Å². The van der Waals surface area contributed by atoms with Gasteiger partial charge in [-0.15, -0.1) is 0 Å². The Morgan fingerprint density at radius 1 is 0.794 bits per heavy atom. The number of nitro groups is 1. The van der Waals surface area contributed by atoms with Gasteiger partial charge < -0.3 is 0 Å². The summed E-state index contributed by atoms with van der Waals surface area (Å²) in [7, 11) is 0. The summed E-state index contributed by atoms with van der Waals surface area (Å²) >= 11 is 0. The summed E-state index contributed by atoms with van der Waals surface area (Å²) in [5, 5.41) is 11.2. The van der Waals surface area contributed by atoms with Crippen molar-refractivity contribution in [3.05, 3.63) is 123 Å². The molecule has 6 nitrogen and oxygen atoms in total. The number of rotatable bonds is 8. The van der Waals surface area contributed by atoms with Crippen molar-refractivity contribution in [1.82, 2.24) is 0 Å². The average molecular weight is 453 g/mol. The molecule has 0 fully saturated rings. The first-order valence-electron chi connectivity index (χ1n) is 11.1. The van der Waals surface area contributed by atoms with Crippen LogP contribution in [0.1, 0.15) is 51.5 Å². The van der Waals surface area contributed by atoms with E-state index in [-0.39, 0.29) is 11.5 Å². The van der Waals surface area contributed by atoms with Crippen LogP contribution in [0.2, 0.25) is 0 Å². The standard InChI is InChI=1S/C28H23NO5/c30-24-14-8-7-13-23(24)25(19-15-17-22(18-16-19)29(33)34)26(27(31)20-9-3-1-4-10-20)28(32)21-11-5-2-6-12-21/h1-6,9-13,15-18,25-26H,7-8,14H2. The number of nitro benzene ring substituents is 1. The maximum absolute atomic E-state index is 13.8. The third-order valence-electron chi connectivity index (χ3n) is 6.11. The summed E-state index contributed by atoms with van der Waals surface area (Å²) in [5.41, 5.74) is 1.57. The molecule has 0 amide bonds. The van der Waals surface area contributed by atoms with Crippen LogP contribution in [0, 0.1) is 16.0 Å². The smallest absolute Gasteiger partial charge is 0.269 e. The number of carbonyl (C=O) groups is 3. The summed E-state index contributed by atoms with van der Waals surface area (Å²) in [5.74, 6) is -2.94. The second kappa shape index (κ2) is 10.2. The average Bonchev–Trinajstić information content (AvgIpc) is 2.88. The molecule has 34 heavy (non-hydrogen) atoms. The molecule has 0 saturated carbocycles. The highest BCUT2D eigenvalue weighted by atomic mass is 16.6. The molecule has 0 aliphatic heterocycles. The van der Waals surface area contributed by atoms with Crippen LogP contribution < -0.4 is 0 Å². The number of hydrogen-bond donors (Lipinski definition) is 0. The van der Waals surface area contributed by atoms with E-state index in [2.05, 4.69) is 0 Å². The van der Waals surface area contributed by atoms with Crippen LogP contribution in [0.5, 0.6) is 0 Å². The van der Waals surface area contributed by atoms with Gasteiger partial charge in [-0.1, -0.05) is 78.9 Å². The maximum atomic E-state index is 13.8. The highest BCUT2D eigenvalue weighted by Crippen LogP contribution is 2.39. The van der Waals surface area contributed by atoms with Crippen LogP contribution in [0.25, 0.3) is 0 Å². The first-order chi connectivity index (χ1) is 16.5. The summed E-state index contributed by atoms with van der Waals surface area (Å²) in [6.45, 7) is 0. The second-order valence-electron chi connectivity index (χ2n) is 8.24. The molecule has 0 radical (unpaired) electrons. The quantitative estimate of drug-likeness (QED) is 0.188. The fraction of sp³-hybridized carbons (Fsp3) is 0.179. The number of hydrogen-bond acceptors (Lipinski definition) is 5. The predicted molar refractivity (Wildman–Crippen MR) is 128 cm³/mol. The number of allylic oxidation sites excluding steroid dienone is 2. The fourth-order valence-electron chi connectivity index (χ4n) is 4.42. The van der Waals surface area contributed by atoms with E-state index in [4.69, 9.17) is 0 Å². The predicted octanol–water partition coefficient (Wildman–Crippen LogP) is 5.74. The summed E-state index contributed by atoms with van der Waals surface area (Å²) in [6, 6.07) is 22.8. The van der Waals surface area contributed by atoms with Crippen LogP contribution in [-0.2, 0) is 4.79 Å². The minimum absolute atomic E-state index is 0.105. The lowest BCUT2D eigenvalue weighted by molar-refractivity contribution is -0.384. The van der Waals surface area contributed by atoms with E-state index in [0.717, 1.165) is 0 Å². The van der Waals surface area contributed by atoms with Gasteiger partial charge in [0.15, 0.2) is 17.3 Å². The third-order valence-corrected chi connectivity index (χ3v) is 6.11. The molecule has 3 aromatic carbocycles. The van der Waals surface area contributed by atoms with Gasteiger partial charge in [-0.05, 0) is 24.0 Å². The normalized spacial score (nSPS) is 14.4. The Hall–Kier alpha value is -4.19. The van der Waals surface area contributed by atoms with Crippen molar-refractivity contribution >= 4 is 23.0 Å². The maximum Gasteiger partial charge on any atom is 0.269 e.